The van der Waals surface area contributed by atoms with Gasteiger partial charge in [-0.3, -0.25) is 4.90 Å². The third kappa shape index (κ3) is 3.27. The van der Waals surface area contributed by atoms with Gasteiger partial charge in [0, 0.05) is 6.54 Å². The highest BCUT2D eigenvalue weighted by Gasteiger charge is 2.30. The van der Waals surface area contributed by atoms with Gasteiger partial charge in [0.25, 0.3) is 0 Å². The molecule has 0 unspecified atom stereocenters. The number of benzene rings is 1. The number of hydrogen-bond acceptors (Lipinski definition) is 2. The van der Waals surface area contributed by atoms with Crippen molar-refractivity contribution in [2.75, 3.05) is 13.1 Å². The second-order valence-electron chi connectivity index (χ2n) is 5.77. The first-order valence-electron chi connectivity index (χ1n) is 7.28. The molecule has 1 aliphatic heterocycles. The molecule has 0 saturated carbocycles. The van der Waals surface area contributed by atoms with Crippen molar-refractivity contribution < 1.29 is 9.50 Å². The predicted octanol–water partition coefficient (Wildman–Crippen LogP) is 3.93. The number of rotatable bonds is 4. The van der Waals surface area contributed by atoms with Gasteiger partial charge in [0.2, 0.25) is 0 Å². The number of phenolic OH excluding ortho intramolecular Hbond substituents is 1. The number of piperidine rings is 1. The van der Waals surface area contributed by atoms with E-state index < -0.39 is 5.82 Å². The van der Waals surface area contributed by atoms with E-state index >= 15 is 0 Å². The SMILES string of the molecule is CCC1(CC)CCN(Cc2ccc(O)c(F)c2)CC1. The van der Waals surface area contributed by atoms with Gasteiger partial charge in [-0.05, 0) is 49.0 Å². The molecule has 0 amide bonds. The summed E-state index contributed by atoms with van der Waals surface area (Å²) in [6.45, 7) is 7.53. The summed E-state index contributed by atoms with van der Waals surface area (Å²) in [4.78, 5) is 2.38. The first kappa shape index (κ1) is 14.3. The number of hydrogen-bond donors (Lipinski definition) is 1. The molecule has 1 N–H and O–H groups in total. The van der Waals surface area contributed by atoms with Crippen LogP contribution in [0.15, 0.2) is 18.2 Å². The van der Waals surface area contributed by atoms with E-state index in [4.69, 9.17) is 0 Å². The summed E-state index contributed by atoms with van der Waals surface area (Å²) in [6.07, 6.45) is 4.98. The number of phenols is 1. The van der Waals surface area contributed by atoms with Crippen LogP contribution in [0.3, 0.4) is 0 Å². The van der Waals surface area contributed by atoms with E-state index in [2.05, 4.69) is 18.7 Å². The Hall–Kier alpha value is -1.09. The van der Waals surface area contributed by atoms with Crippen LogP contribution in [0.1, 0.15) is 45.1 Å². The fraction of sp³-hybridized carbons (Fsp3) is 0.625. The zero-order valence-corrected chi connectivity index (χ0v) is 12.0. The van der Waals surface area contributed by atoms with Gasteiger partial charge in [-0.25, -0.2) is 4.39 Å². The number of nitrogens with zero attached hydrogens (tertiary/aromatic N) is 1. The lowest BCUT2D eigenvalue weighted by Gasteiger charge is -2.41. The van der Waals surface area contributed by atoms with Gasteiger partial charge < -0.3 is 5.11 Å². The quantitative estimate of drug-likeness (QED) is 0.891. The highest BCUT2D eigenvalue weighted by Crippen LogP contribution is 2.38. The van der Waals surface area contributed by atoms with Gasteiger partial charge in [-0.1, -0.05) is 32.8 Å². The molecular weight excluding hydrogens is 241 g/mol. The first-order chi connectivity index (χ1) is 9.08. The number of aromatic hydroxyl groups is 1. The molecule has 1 aliphatic rings. The van der Waals surface area contributed by atoms with E-state index in [9.17, 15) is 9.50 Å². The average molecular weight is 265 g/mol. The minimum absolute atomic E-state index is 0.265. The van der Waals surface area contributed by atoms with Crippen LogP contribution in [0, 0.1) is 11.2 Å². The van der Waals surface area contributed by atoms with Gasteiger partial charge in [-0.2, -0.15) is 0 Å². The molecule has 1 aromatic rings. The molecule has 1 aromatic carbocycles. The van der Waals surface area contributed by atoms with Gasteiger partial charge in [0.05, 0.1) is 0 Å². The summed E-state index contributed by atoms with van der Waals surface area (Å²) < 4.78 is 13.3. The normalized spacial score (nSPS) is 19.5. The first-order valence-corrected chi connectivity index (χ1v) is 7.28. The zero-order valence-electron chi connectivity index (χ0n) is 12.0. The zero-order chi connectivity index (χ0) is 13.9. The molecule has 19 heavy (non-hydrogen) atoms. The summed E-state index contributed by atoms with van der Waals surface area (Å²) in [7, 11) is 0. The van der Waals surface area contributed by atoms with E-state index in [-0.39, 0.29) is 5.75 Å². The predicted molar refractivity (Wildman–Crippen MR) is 75.6 cm³/mol. The Morgan fingerprint density at radius 3 is 2.37 bits per heavy atom. The van der Waals surface area contributed by atoms with Gasteiger partial charge in [0.1, 0.15) is 0 Å². The van der Waals surface area contributed by atoms with Crippen LogP contribution in [0.25, 0.3) is 0 Å². The Morgan fingerprint density at radius 1 is 1.21 bits per heavy atom. The lowest BCUT2D eigenvalue weighted by Crippen LogP contribution is -2.39. The summed E-state index contributed by atoms with van der Waals surface area (Å²) in [5.41, 5.74) is 1.47. The van der Waals surface area contributed by atoms with E-state index in [1.54, 1.807) is 6.07 Å². The van der Waals surface area contributed by atoms with Crippen LogP contribution in [0.4, 0.5) is 4.39 Å². The molecule has 106 valence electrons. The molecule has 1 heterocycles. The molecule has 0 bridgehead atoms. The number of halogens is 1. The van der Waals surface area contributed by atoms with Gasteiger partial charge >= 0.3 is 0 Å². The number of likely N-dealkylation sites (tertiary alicyclic amines) is 1. The Labute approximate surface area is 115 Å². The third-order valence-corrected chi connectivity index (χ3v) is 4.83. The maximum Gasteiger partial charge on any atom is 0.165 e. The van der Waals surface area contributed by atoms with E-state index in [0.29, 0.717) is 5.41 Å². The maximum absolute atomic E-state index is 13.3. The monoisotopic (exact) mass is 265 g/mol. The molecule has 2 rings (SSSR count). The minimum atomic E-state index is -0.522. The maximum atomic E-state index is 13.3. The highest BCUT2D eigenvalue weighted by molar-refractivity contribution is 5.27. The highest BCUT2D eigenvalue weighted by atomic mass is 19.1. The van der Waals surface area contributed by atoms with E-state index in [0.717, 1.165) is 25.2 Å². The summed E-state index contributed by atoms with van der Waals surface area (Å²) >= 11 is 0. The summed E-state index contributed by atoms with van der Waals surface area (Å²) in [6, 6.07) is 4.69. The second-order valence-corrected chi connectivity index (χ2v) is 5.77. The molecule has 1 saturated heterocycles. The van der Waals surface area contributed by atoms with Crippen molar-refractivity contribution in [1.29, 1.82) is 0 Å². The molecule has 1 fully saturated rings. The van der Waals surface area contributed by atoms with Crippen molar-refractivity contribution in [3.8, 4) is 5.75 Å². The van der Waals surface area contributed by atoms with Crippen molar-refractivity contribution in [3.63, 3.8) is 0 Å². The van der Waals surface area contributed by atoms with Crippen molar-refractivity contribution in [1.82, 2.24) is 4.90 Å². The topological polar surface area (TPSA) is 23.5 Å². The minimum Gasteiger partial charge on any atom is -0.505 e. The molecule has 2 nitrogen and oxygen atoms in total. The lowest BCUT2D eigenvalue weighted by atomic mass is 9.74. The van der Waals surface area contributed by atoms with Gasteiger partial charge in [0.15, 0.2) is 11.6 Å². The van der Waals surface area contributed by atoms with Crippen molar-refractivity contribution in [3.05, 3.63) is 29.6 Å². The van der Waals surface area contributed by atoms with Crippen molar-refractivity contribution in [2.24, 2.45) is 5.41 Å². The Bertz CT molecular complexity index is 419. The molecular formula is C16H24FNO. The fourth-order valence-electron chi connectivity index (χ4n) is 3.05. The fourth-order valence-corrected chi connectivity index (χ4v) is 3.05. The third-order valence-electron chi connectivity index (χ3n) is 4.83. The summed E-state index contributed by atoms with van der Waals surface area (Å²) in [5, 5.41) is 9.19. The Balaban J connectivity index is 1.93. The summed E-state index contributed by atoms with van der Waals surface area (Å²) in [5.74, 6) is -0.788. The molecule has 3 heteroatoms. The van der Waals surface area contributed by atoms with Crippen LogP contribution in [0.5, 0.6) is 5.75 Å². The molecule has 0 aromatic heterocycles. The molecule has 0 aliphatic carbocycles. The molecule has 0 atom stereocenters. The standard InChI is InChI=1S/C16H24FNO/c1-3-16(4-2)7-9-18(10-8-16)12-13-5-6-15(19)14(17)11-13/h5-6,11,19H,3-4,7-10,12H2,1-2H3. The Morgan fingerprint density at radius 2 is 1.84 bits per heavy atom. The van der Waals surface area contributed by atoms with Crippen molar-refractivity contribution >= 4 is 0 Å². The van der Waals surface area contributed by atoms with Crippen molar-refractivity contribution in [2.45, 2.75) is 46.1 Å². The van der Waals surface area contributed by atoms with Crippen LogP contribution in [-0.2, 0) is 6.54 Å². The van der Waals surface area contributed by atoms with Crippen LogP contribution in [0.2, 0.25) is 0 Å². The smallest absolute Gasteiger partial charge is 0.165 e. The second kappa shape index (κ2) is 5.91. The van der Waals surface area contributed by atoms with E-state index in [1.807, 2.05) is 0 Å². The van der Waals surface area contributed by atoms with E-state index in [1.165, 1.54) is 37.8 Å². The average Bonchev–Trinajstić information content (AvgIpc) is 2.44. The van der Waals surface area contributed by atoms with Crippen LogP contribution in [-0.4, -0.2) is 23.1 Å². The van der Waals surface area contributed by atoms with Crippen LogP contribution >= 0.6 is 0 Å². The lowest BCUT2D eigenvalue weighted by molar-refractivity contribution is 0.0908. The largest absolute Gasteiger partial charge is 0.505 e. The van der Waals surface area contributed by atoms with Gasteiger partial charge in [-0.15, -0.1) is 0 Å². The molecule has 0 radical (unpaired) electrons. The van der Waals surface area contributed by atoms with Crippen LogP contribution < -0.4 is 0 Å². The Kier molecular flexibility index (Phi) is 4.46. The molecule has 0 spiro atoms.